The van der Waals surface area contributed by atoms with Gasteiger partial charge in [-0.05, 0) is 11.8 Å². The van der Waals surface area contributed by atoms with Crippen molar-refractivity contribution in [3.63, 3.8) is 0 Å². The van der Waals surface area contributed by atoms with E-state index in [4.69, 9.17) is 15.6 Å². The Morgan fingerprint density at radius 2 is 1.94 bits per heavy atom. The van der Waals surface area contributed by atoms with Crippen molar-refractivity contribution in [2.75, 3.05) is 6.54 Å². The van der Waals surface area contributed by atoms with Gasteiger partial charge in [0.1, 0.15) is 0 Å². The van der Waals surface area contributed by atoms with E-state index in [1.165, 1.54) is 6.92 Å². The zero-order valence-electron chi connectivity index (χ0n) is 10.3. The van der Waals surface area contributed by atoms with E-state index in [-0.39, 0.29) is 30.4 Å². The second-order valence-corrected chi connectivity index (χ2v) is 4.61. The number of rotatable bonds is 3. The summed E-state index contributed by atoms with van der Waals surface area (Å²) in [6.45, 7) is 5.51. The molecule has 6 heteroatoms. The van der Waals surface area contributed by atoms with Crippen molar-refractivity contribution in [1.82, 2.24) is 5.32 Å². The number of nitrogens with one attached hydrogen (secondary N) is 1. The van der Waals surface area contributed by atoms with Gasteiger partial charge in [-0.25, -0.2) is 4.79 Å². The Morgan fingerprint density at radius 1 is 1.35 bits per heavy atom. The van der Waals surface area contributed by atoms with E-state index < -0.39 is 18.1 Å². The Bertz CT molecular complexity index is 308. The zero-order chi connectivity index (χ0) is 13.2. The monoisotopic (exact) mass is 244 g/mol. The molecule has 1 heterocycles. The first kappa shape index (κ1) is 13.9. The fourth-order valence-electron chi connectivity index (χ4n) is 2.26. The van der Waals surface area contributed by atoms with Gasteiger partial charge >= 0.3 is 5.97 Å². The number of hydrogen-bond donors (Lipinski definition) is 3. The molecule has 1 aliphatic heterocycles. The molecule has 0 aliphatic carbocycles. The summed E-state index contributed by atoms with van der Waals surface area (Å²) in [5.41, 5.74) is 5.56. The van der Waals surface area contributed by atoms with Gasteiger partial charge in [-0.2, -0.15) is 0 Å². The molecule has 6 nitrogen and oxygen atoms in total. The minimum Gasteiger partial charge on any atom is -0.479 e. The van der Waals surface area contributed by atoms with Crippen molar-refractivity contribution in [3.8, 4) is 0 Å². The van der Waals surface area contributed by atoms with Gasteiger partial charge in [-0.1, -0.05) is 13.8 Å². The maximum atomic E-state index is 11.1. The average molecular weight is 244 g/mol. The molecule has 0 saturated carbocycles. The average Bonchev–Trinajstić information content (AvgIpc) is 2.24. The molecule has 0 spiro atoms. The van der Waals surface area contributed by atoms with Crippen LogP contribution in [0, 0.1) is 11.8 Å². The second kappa shape index (κ2) is 5.46. The third-order valence-corrected chi connectivity index (χ3v) is 3.48. The molecule has 0 radical (unpaired) electrons. The summed E-state index contributed by atoms with van der Waals surface area (Å²) >= 11 is 0. The highest BCUT2D eigenvalue weighted by Crippen LogP contribution is 2.30. The van der Waals surface area contributed by atoms with Crippen LogP contribution in [0.4, 0.5) is 0 Å². The molecule has 0 aromatic rings. The number of carboxylic acid groups (broad SMARTS) is 1. The molecule has 17 heavy (non-hydrogen) atoms. The highest BCUT2D eigenvalue weighted by molar-refractivity contribution is 5.77. The van der Waals surface area contributed by atoms with E-state index in [0.29, 0.717) is 0 Å². The normalized spacial score (nSPS) is 37.5. The van der Waals surface area contributed by atoms with E-state index in [0.717, 1.165) is 0 Å². The lowest BCUT2D eigenvalue weighted by Crippen LogP contribution is -2.60. The van der Waals surface area contributed by atoms with E-state index in [2.05, 4.69) is 5.32 Å². The number of carbonyl (C=O) groups excluding carboxylic acids is 1. The van der Waals surface area contributed by atoms with Crippen LogP contribution in [0.1, 0.15) is 20.8 Å². The molecule has 1 fully saturated rings. The lowest BCUT2D eigenvalue weighted by Gasteiger charge is -2.43. The summed E-state index contributed by atoms with van der Waals surface area (Å²) in [6, 6.07) is -0.511. The van der Waals surface area contributed by atoms with Gasteiger partial charge in [0.25, 0.3) is 0 Å². The quantitative estimate of drug-likeness (QED) is 0.625. The zero-order valence-corrected chi connectivity index (χ0v) is 10.3. The minimum absolute atomic E-state index is 0.00213. The van der Waals surface area contributed by atoms with Gasteiger partial charge in [0, 0.05) is 13.5 Å². The van der Waals surface area contributed by atoms with Crippen LogP contribution in [-0.2, 0) is 14.3 Å². The summed E-state index contributed by atoms with van der Waals surface area (Å²) in [5, 5.41) is 11.8. The van der Waals surface area contributed by atoms with Crippen LogP contribution in [0.25, 0.3) is 0 Å². The molecule has 4 N–H and O–H groups in total. The van der Waals surface area contributed by atoms with Gasteiger partial charge in [0.05, 0.1) is 12.1 Å². The molecule has 0 aromatic heterocycles. The minimum atomic E-state index is -1.07. The van der Waals surface area contributed by atoms with E-state index in [1.54, 1.807) is 0 Å². The van der Waals surface area contributed by atoms with E-state index in [9.17, 15) is 9.59 Å². The number of aliphatic carboxylic acids is 1. The molecule has 1 amide bonds. The molecular formula is C11H20N2O4. The standard InChI is InChI=1S/C11H20N2O4/c1-5-6(2)9(13-7(3)14)10(11(15)16)17-8(5)4-12/h5-6,8-10H,4,12H2,1-3H3,(H,13,14)(H,15,16)/t5-,6-,8+,9?,10?/m0/s1. The lowest BCUT2D eigenvalue weighted by atomic mass is 9.79. The summed E-state index contributed by atoms with van der Waals surface area (Å²) in [4.78, 5) is 22.2. The van der Waals surface area contributed by atoms with E-state index in [1.807, 2.05) is 13.8 Å². The van der Waals surface area contributed by atoms with Crippen molar-refractivity contribution >= 4 is 11.9 Å². The van der Waals surface area contributed by atoms with Gasteiger partial charge in [0.2, 0.25) is 5.91 Å². The third-order valence-electron chi connectivity index (χ3n) is 3.48. The van der Waals surface area contributed by atoms with Crippen LogP contribution in [0.2, 0.25) is 0 Å². The Morgan fingerprint density at radius 3 is 2.35 bits per heavy atom. The Hall–Kier alpha value is -1.14. The van der Waals surface area contributed by atoms with Crippen LogP contribution < -0.4 is 11.1 Å². The van der Waals surface area contributed by atoms with Crippen LogP contribution in [0.5, 0.6) is 0 Å². The molecule has 0 aromatic carbocycles. The molecule has 0 bridgehead atoms. The number of nitrogens with two attached hydrogens (primary N) is 1. The molecular weight excluding hydrogens is 224 g/mol. The Kier molecular flexibility index (Phi) is 4.47. The molecule has 5 atom stereocenters. The first-order valence-electron chi connectivity index (χ1n) is 5.74. The first-order valence-corrected chi connectivity index (χ1v) is 5.74. The highest BCUT2D eigenvalue weighted by Gasteiger charge is 2.44. The molecule has 2 unspecified atom stereocenters. The van der Waals surface area contributed by atoms with Crippen molar-refractivity contribution in [2.45, 2.75) is 39.0 Å². The topological polar surface area (TPSA) is 102 Å². The molecule has 1 rings (SSSR count). The van der Waals surface area contributed by atoms with Crippen molar-refractivity contribution < 1.29 is 19.4 Å². The van der Waals surface area contributed by atoms with E-state index >= 15 is 0 Å². The summed E-state index contributed by atoms with van der Waals surface area (Å²) in [7, 11) is 0. The Balaban J connectivity index is 2.90. The van der Waals surface area contributed by atoms with Crippen molar-refractivity contribution in [2.24, 2.45) is 17.6 Å². The van der Waals surface area contributed by atoms with Gasteiger partial charge in [-0.3, -0.25) is 4.79 Å². The smallest absolute Gasteiger partial charge is 0.335 e. The van der Waals surface area contributed by atoms with Crippen LogP contribution >= 0.6 is 0 Å². The summed E-state index contributed by atoms with van der Waals surface area (Å²) in [6.07, 6.45) is -1.31. The lowest BCUT2D eigenvalue weighted by molar-refractivity contribution is -0.173. The van der Waals surface area contributed by atoms with Gasteiger partial charge < -0.3 is 20.9 Å². The predicted molar refractivity (Wildman–Crippen MR) is 61.3 cm³/mol. The maximum Gasteiger partial charge on any atom is 0.335 e. The second-order valence-electron chi connectivity index (χ2n) is 4.61. The van der Waals surface area contributed by atoms with Gasteiger partial charge in [0.15, 0.2) is 6.10 Å². The number of amides is 1. The van der Waals surface area contributed by atoms with Crippen molar-refractivity contribution in [3.05, 3.63) is 0 Å². The summed E-state index contributed by atoms with van der Waals surface area (Å²) in [5.74, 6) is -1.22. The number of carboxylic acids is 1. The fraction of sp³-hybridized carbons (Fsp3) is 0.818. The van der Waals surface area contributed by atoms with Crippen LogP contribution in [-0.4, -0.2) is 41.8 Å². The Labute approximate surface area is 101 Å². The first-order chi connectivity index (χ1) is 7.88. The maximum absolute atomic E-state index is 11.1. The van der Waals surface area contributed by atoms with Crippen LogP contribution in [0.15, 0.2) is 0 Å². The molecule has 98 valence electrons. The third kappa shape index (κ3) is 2.95. The highest BCUT2D eigenvalue weighted by atomic mass is 16.5. The summed E-state index contributed by atoms with van der Waals surface area (Å²) < 4.78 is 5.45. The van der Waals surface area contributed by atoms with Crippen LogP contribution in [0.3, 0.4) is 0 Å². The number of ether oxygens (including phenoxy) is 1. The molecule has 1 aliphatic rings. The molecule has 1 saturated heterocycles. The van der Waals surface area contributed by atoms with Gasteiger partial charge in [-0.15, -0.1) is 0 Å². The SMILES string of the molecule is CC(=O)NC1C(C(=O)O)O[C@H](CN)[C@@H](C)[C@@H]1C. The predicted octanol–water partition coefficient (Wildman–Crippen LogP) is -0.426. The number of hydrogen-bond acceptors (Lipinski definition) is 4. The largest absolute Gasteiger partial charge is 0.479 e. The fourth-order valence-corrected chi connectivity index (χ4v) is 2.26. The number of carbonyl (C=O) groups is 2. The van der Waals surface area contributed by atoms with Crippen molar-refractivity contribution in [1.29, 1.82) is 0 Å².